The minimum atomic E-state index is -0.0626. The predicted octanol–water partition coefficient (Wildman–Crippen LogP) is -0.294. The summed E-state index contributed by atoms with van der Waals surface area (Å²) >= 11 is 0. The van der Waals surface area contributed by atoms with Gasteiger partial charge in [-0.2, -0.15) is 10.2 Å². The van der Waals surface area contributed by atoms with Crippen LogP contribution in [0.25, 0.3) is 0 Å². The van der Waals surface area contributed by atoms with Crippen LogP contribution in [-0.4, -0.2) is 19.6 Å². The molecule has 2 heterocycles. The molecule has 0 amide bonds. The Kier molecular flexibility index (Phi) is 2.53. The predicted molar refractivity (Wildman–Crippen MR) is 55.6 cm³/mol. The second-order valence-corrected chi connectivity index (χ2v) is 3.49. The van der Waals surface area contributed by atoms with Crippen molar-refractivity contribution in [3.8, 4) is 0 Å². The molecular formula is C9H14N6. The molecule has 0 unspecified atom stereocenters. The standard InChI is InChI=1S/C9H14N6/c1-14-5-7(3-11-14)9(13-10)8-4-12-15(2)6-8/h3-6,9,13H,10H2,1-2H3. The van der Waals surface area contributed by atoms with E-state index in [2.05, 4.69) is 15.6 Å². The Morgan fingerprint density at radius 3 is 1.87 bits per heavy atom. The molecule has 2 rings (SSSR count). The van der Waals surface area contributed by atoms with Crippen LogP contribution in [0.3, 0.4) is 0 Å². The summed E-state index contributed by atoms with van der Waals surface area (Å²) in [5.41, 5.74) is 4.80. The zero-order valence-corrected chi connectivity index (χ0v) is 8.75. The van der Waals surface area contributed by atoms with E-state index < -0.39 is 0 Å². The van der Waals surface area contributed by atoms with Crippen LogP contribution >= 0.6 is 0 Å². The monoisotopic (exact) mass is 206 g/mol. The van der Waals surface area contributed by atoms with E-state index in [0.717, 1.165) is 11.1 Å². The normalized spacial score (nSPS) is 11.2. The van der Waals surface area contributed by atoms with Crippen LogP contribution < -0.4 is 11.3 Å². The minimum Gasteiger partial charge on any atom is -0.275 e. The van der Waals surface area contributed by atoms with Crippen LogP contribution in [0.1, 0.15) is 17.2 Å². The van der Waals surface area contributed by atoms with Gasteiger partial charge in [0.2, 0.25) is 0 Å². The summed E-state index contributed by atoms with van der Waals surface area (Å²) in [4.78, 5) is 0. The topological polar surface area (TPSA) is 73.7 Å². The Hall–Kier alpha value is -1.66. The highest BCUT2D eigenvalue weighted by molar-refractivity contribution is 5.24. The van der Waals surface area contributed by atoms with Gasteiger partial charge in [0, 0.05) is 37.6 Å². The maximum absolute atomic E-state index is 5.53. The lowest BCUT2D eigenvalue weighted by Crippen LogP contribution is -2.28. The first kappa shape index (κ1) is 9.88. The molecule has 3 N–H and O–H groups in total. The quantitative estimate of drug-likeness (QED) is 0.534. The molecule has 0 saturated carbocycles. The molecule has 2 aromatic heterocycles. The van der Waals surface area contributed by atoms with Crippen molar-refractivity contribution in [1.29, 1.82) is 0 Å². The lowest BCUT2D eigenvalue weighted by Gasteiger charge is -2.11. The van der Waals surface area contributed by atoms with Crippen molar-refractivity contribution >= 4 is 0 Å². The molecule has 0 aliphatic heterocycles. The summed E-state index contributed by atoms with van der Waals surface area (Å²) in [5.74, 6) is 5.53. The van der Waals surface area contributed by atoms with Crippen molar-refractivity contribution in [3.63, 3.8) is 0 Å². The molecule has 6 heteroatoms. The first-order chi connectivity index (χ1) is 7.20. The molecule has 0 aliphatic rings. The number of hydrazine groups is 1. The number of hydrogen-bond donors (Lipinski definition) is 2. The van der Waals surface area contributed by atoms with Gasteiger partial charge in [0.25, 0.3) is 0 Å². The first-order valence-electron chi connectivity index (χ1n) is 4.64. The highest BCUT2D eigenvalue weighted by Crippen LogP contribution is 2.19. The van der Waals surface area contributed by atoms with Gasteiger partial charge in [-0.15, -0.1) is 0 Å². The molecule has 6 nitrogen and oxygen atoms in total. The van der Waals surface area contributed by atoms with Crippen molar-refractivity contribution in [1.82, 2.24) is 25.0 Å². The number of nitrogens with zero attached hydrogens (tertiary/aromatic N) is 4. The van der Waals surface area contributed by atoms with Crippen LogP contribution in [0.5, 0.6) is 0 Å². The fourth-order valence-corrected chi connectivity index (χ4v) is 1.56. The molecule has 0 fully saturated rings. The summed E-state index contributed by atoms with van der Waals surface area (Å²) in [6.45, 7) is 0. The second kappa shape index (κ2) is 3.84. The molecule has 0 radical (unpaired) electrons. The highest BCUT2D eigenvalue weighted by atomic mass is 15.3. The number of nitrogens with one attached hydrogen (secondary N) is 1. The maximum atomic E-state index is 5.53. The van der Waals surface area contributed by atoms with Gasteiger partial charge in [0.1, 0.15) is 0 Å². The molecule has 0 spiro atoms. The zero-order valence-electron chi connectivity index (χ0n) is 8.75. The lowest BCUT2D eigenvalue weighted by atomic mass is 10.1. The summed E-state index contributed by atoms with van der Waals surface area (Å²) in [5, 5.41) is 8.22. The smallest absolute Gasteiger partial charge is 0.0771 e. The molecule has 0 aliphatic carbocycles. The van der Waals surface area contributed by atoms with Crippen LogP contribution in [0.2, 0.25) is 0 Å². The van der Waals surface area contributed by atoms with Gasteiger partial charge in [-0.1, -0.05) is 0 Å². The van der Waals surface area contributed by atoms with E-state index in [1.54, 1.807) is 21.8 Å². The molecule has 15 heavy (non-hydrogen) atoms. The van der Waals surface area contributed by atoms with Gasteiger partial charge in [-0.3, -0.25) is 15.2 Å². The molecular weight excluding hydrogens is 192 g/mol. The molecule has 0 aromatic carbocycles. The van der Waals surface area contributed by atoms with Crippen molar-refractivity contribution in [3.05, 3.63) is 35.9 Å². The largest absolute Gasteiger partial charge is 0.275 e. The Labute approximate surface area is 87.7 Å². The van der Waals surface area contributed by atoms with Crippen molar-refractivity contribution in [2.45, 2.75) is 6.04 Å². The molecule has 80 valence electrons. The average Bonchev–Trinajstić information content (AvgIpc) is 2.78. The second-order valence-electron chi connectivity index (χ2n) is 3.49. The molecule has 0 atom stereocenters. The van der Waals surface area contributed by atoms with Gasteiger partial charge in [0.15, 0.2) is 0 Å². The number of hydrogen-bond acceptors (Lipinski definition) is 4. The maximum Gasteiger partial charge on any atom is 0.0771 e. The SMILES string of the molecule is Cn1cc(C(NN)c2cnn(C)c2)cn1. The van der Waals surface area contributed by atoms with Crippen LogP contribution in [0, 0.1) is 0 Å². The molecule has 0 bridgehead atoms. The Balaban J connectivity index is 2.32. The minimum absolute atomic E-state index is 0.0626. The van der Waals surface area contributed by atoms with Gasteiger partial charge in [-0.25, -0.2) is 5.43 Å². The highest BCUT2D eigenvalue weighted by Gasteiger charge is 2.15. The van der Waals surface area contributed by atoms with Gasteiger partial charge < -0.3 is 0 Å². The summed E-state index contributed by atoms with van der Waals surface area (Å²) < 4.78 is 3.49. The van der Waals surface area contributed by atoms with Crippen molar-refractivity contribution < 1.29 is 0 Å². The van der Waals surface area contributed by atoms with Crippen molar-refractivity contribution in [2.24, 2.45) is 19.9 Å². The number of aryl methyl sites for hydroxylation is 2. The Morgan fingerprint density at radius 2 is 1.60 bits per heavy atom. The van der Waals surface area contributed by atoms with E-state index in [0.29, 0.717) is 0 Å². The Bertz CT molecular complexity index is 403. The average molecular weight is 206 g/mol. The molecule has 2 aromatic rings. The van der Waals surface area contributed by atoms with Crippen LogP contribution in [0.15, 0.2) is 24.8 Å². The van der Waals surface area contributed by atoms with E-state index in [1.165, 1.54) is 0 Å². The first-order valence-corrected chi connectivity index (χ1v) is 4.64. The van der Waals surface area contributed by atoms with Gasteiger partial charge >= 0.3 is 0 Å². The third-order valence-corrected chi connectivity index (χ3v) is 2.28. The van der Waals surface area contributed by atoms with E-state index in [-0.39, 0.29) is 6.04 Å². The van der Waals surface area contributed by atoms with E-state index in [4.69, 9.17) is 5.84 Å². The van der Waals surface area contributed by atoms with E-state index >= 15 is 0 Å². The van der Waals surface area contributed by atoms with Crippen LogP contribution in [-0.2, 0) is 14.1 Å². The summed E-state index contributed by atoms with van der Waals surface area (Å²) in [7, 11) is 3.75. The third-order valence-electron chi connectivity index (χ3n) is 2.28. The van der Waals surface area contributed by atoms with E-state index in [9.17, 15) is 0 Å². The Morgan fingerprint density at radius 1 is 1.13 bits per heavy atom. The van der Waals surface area contributed by atoms with Gasteiger partial charge in [-0.05, 0) is 0 Å². The zero-order chi connectivity index (χ0) is 10.8. The lowest BCUT2D eigenvalue weighted by molar-refractivity contribution is 0.634. The number of nitrogens with two attached hydrogens (primary N) is 1. The van der Waals surface area contributed by atoms with Crippen molar-refractivity contribution in [2.75, 3.05) is 0 Å². The van der Waals surface area contributed by atoms with Gasteiger partial charge in [0.05, 0.1) is 18.4 Å². The fourth-order valence-electron chi connectivity index (χ4n) is 1.56. The third kappa shape index (κ3) is 1.90. The number of rotatable bonds is 3. The fraction of sp³-hybridized carbons (Fsp3) is 0.333. The summed E-state index contributed by atoms with van der Waals surface area (Å²) in [6.07, 6.45) is 7.43. The molecule has 0 saturated heterocycles. The summed E-state index contributed by atoms with van der Waals surface area (Å²) in [6, 6.07) is -0.0626. The number of aromatic nitrogens is 4. The van der Waals surface area contributed by atoms with Crippen LogP contribution in [0.4, 0.5) is 0 Å². The van der Waals surface area contributed by atoms with E-state index in [1.807, 2.05) is 26.5 Å².